The molecule has 0 aromatic carbocycles. The second-order valence-electron chi connectivity index (χ2n) is 4.43. The van der Waals surface area contributed by atoms with E-state index in [1.54, 1.807) is 11.8 Å². The first-order valence-electron chi connectivity index (χ1n) is 5.63. The van der Waals surface area contributed by atoms with E-state index < -0.39 is 12.0 Å². The summed E-state index contributed by atoms with van der Waals surface area (Å²) in [5.41, 5.74) is 0. The number of nitrogens with zero attached hydrogens (tertiary/aromatic N) is 1. The first-order chi connectivity index (χ1) is 7.59. The van der Waals surface area contributed by atoms with Crippen LogP contribution in [0.2, 0.25) is 0 Å². The van der Waals surface area contributed by atoms with Crippen LogP contribution in [0, 0.1) is 0 Å². The number of hydrogen-bond donors (Lipinski definition) is 3. The van der Waals surface area contributed by atoms with Crippen LogP contribution in [-0.2, 0) is 4.79 Å². The Morgan fingerprint density at radius 2 is 2.12 bits per heavy atom. The second-order valence-corrected chi connectivity index (χ2v) is 4.43. The number of nitrogens with one attached hydrogen (secondary N) is 2. The lowest BCUT2D eigenvalue weighted by Gasteiger charge is -2.38. The molecule has 0 aromatic rings. The van der Waals surface area contributed by atoms with Gasteiger partial charge in [0.15, 0.2) is 0 Å². The van der Waals surface area contributed by atoms with Gasteiger partial charge in [0.05, 0.1) is 6.04 Å². The monoisotopic (exact) mass is 227 g/mol. The Balaban J connectivity index is 1.96. The maximum Gasteiger partial charge on any atom is 0.322 e. The van der Waals surface area contributed by atoms with Crippen LogP contribution in [0.3, 0.4) is 0 Å². The average Bonchev–Trinajstić information content (AvgIpc) is 3.01. The van der Waals surface area contributed by atoms with Crippen LogP contribution in [0.1, 0.15) is 19.8 Å². The molecule has 2 amide bonds. The minimum atomic E-state index is -0.906. The number of rotatable bonds is 2. The van der Waals surface area contributed by atoms with Crippen molar-refractivity contribution < 1.29 is 14.7 Å². The van der Waals surface area contributed by atoms with Crippen molar-refractivity contribution in [3.63, 3.8) is 0 Å². The number of carboxylic acids is 1. The zero-order chi connectivity index (χ0) is 11.7. The van der Waals surface area contributed by atoms with Gasteiger partial charge in [0.2, 0.25) is 0 Å². The van der Waals surface area contributed by atoms with Gasteiger partial charge in [0.25, 0.3) is 0 Å². The van der Waals surface area contributed by atoms with Gasteiger partial charge in [-0.15, -0.1) is 0 Å². The summed E-state index contributed by atoms with van der Waals surface area (Å²) in [7, 11) is 0. The fraction of sp³-hybridized carbons (Fsp3) is 0.800. The molecular formula is C10H17N3O3. The molecule has 2 rings (SSSR count). The lowest BCUT2D eigenvalue weighted by molar-refractivity contribution is -0.141. The molecule has 90 valence electrons. The molecule has 2 unspecified atom stereocenters. The molecule has 6 nitrogen and oxygen atoms in total. The molecule has 0 aromatic heterocycles. The lowest BCUT2D eigenvalue weighted by Crippen LogP contribution is -2.62. The summed E-state index contributed by atoms with van der Waals surface area (Å²) >= 11 is 0. The van der Waals surface area contributed by atoms with Gasteiger partial charge in [-0.05, 0) is 19.8 Å². The van der Waals surface area contributed by atoms with Gasteiger partial charge < -0.3 is 20.6 Å². The minimum Gasteiger partial charge on any atom is -0.480 e. The summed E-state index contributed by atoms with van der Waals surface area (Å²) in [4.78, 5) is 24.4. The van der Waals surface area contributed by atoms with Gasteiger partial charge in [-0.3, -0.25) is 4.79 Å². The highest BCUT2D eigenvalue weighted by atomic mass is 16.4. The summed E-state index contributed by atoms with van der Waals surface area (Å²) in [5, 5.41) is 14.8. The van der Waals surface area contributed by atoms with E-state index in [-0.39, 0.29) is 12.1 Å². The minimum absolute atomic E-state index is 0.136. The molecule has 0 bridgehead atoms. The Hall–Kier alpha value is -1.30. The van der Waals surface area contributed by atoms with Crippen molar-refractivity contribution in [1.82, 2.24) is 15.5 Å². The van der Waals surface area contributed by atoms with E-state index in [0.717, 1.165) is 12.8 Å². The fourth-order valence-electron chi connectivity index (χ4n) is 1.96. The number of amides is 2. The number of carbonyl (C=O) groups is 2. The van der Waals surface area contributed by atoms with E-state index >= 15 is 0 Å². The van der Waals surface area contributed by atoms with Crippen LogP contribution < -0.4 is 10.6 Å². The summed E-state index contributed by atoms with van der Waals surface area (Å²) in [6, 6.07) is -0.815. The van der Waals surface area contributed by atoms with Gasteiger partial charge in [-0.1, -0.05) is 0 Å². The van der Waals surface area contributed by atoms with Crippen molar-refractivity contribution >= 4 is 12.0 Å². The second kappa shape index (κ2) is 4.29. The highest BCUT2D eigenvalue weighted by Gasteiger charge is 2.36. The molecule has 1 heterocycles. The predicted octanol–water partition coefficient (Wildman–Crippen LogP) is -0.395. The van der Waals surface area contributed by atoms with E-state index in [2.05, 4.69) is 10.6 Å². The molecule has 1 aliphatic carbocycles. The van der Waals surface area contributed by atoms with Crippen molar-refractivity contribution in [3.8, 4) is 0 Å². The van der Waals surface area contributed by atoms with Gasteiger partial charge >= 0.3 is 12.0 Å². The van der Waals surface area contributed by atoms with E-state index in [9.17, 15) is 9.59 Å². The number of urea groups is 1. The zero-order valence-electron chi connectivity index (χ0n) is 9.27. The molecule has 3 N–H and O–H groups in total. The maximum atomic E-state index is 11.8. The first kappa shape index (κ1) is 11.2. The SMILES string of the molecule is CC1C(C(=O)O)NCCN1C(=O)NC1CC1. The number of carboxylic acid groups (broad SMARTS) is 1. The van der Waals surface area contributed by atoms with E-state index in [4.69, 9.17) is 5.11 Å². The highest BCUT2D eigenvalue weighted by molar-refractivity contribution is 5.79. The highest BCUT2D eigenvalue weighted by Crippen LogP contribution is 2.20. The van der Waals surface area contributed by atoms with Gasteiger partial charge in [-0.2, -0.15) is 0 Å². The number of hydrogen-bond acceptors (Lipinski definition) is 3. The zero-order valence-corrected chi connectivity index (χ0v) is 9.27. The van der Waals surface area contributed by atoms with E-state index in [0.29, 0.717) is 19.1 Å². The molecule has 0 spiro atoms. The Morgan fingerprint density at radius 1 is 1.44 bits per heavy atom. The number of aliphatic carboxylic acids is 1. The normalized spacial score (nSPS) is 29.9. The molecule has 2 fully saturated rings. The van der Waals surface area contributed by atoms with Crippen LogP contribution in [0.15, 0.2) is 0 Å². The average molecular weight is 227 g/mol. The predicted molar refractivity (Wildman–Crippen MR) is 57.1 cm³/mol. The third-order valence-corrected chi connectivity index (χ3v) is 3.12. The molecule has 0 radical (unpaired) electrons. The first-order valence-corrected chi connectivity index (χ1v) is 5.63. The molecule has 2 atom stereocenters. The van der Waals surface area contributed by atoms with Crippen molar-refractivity contribution in [1.29, 1.82) is 0 Å². The Labute approximate surface area is 94.0 Å². The molecule has 6 heteroatoms. The van der Waals surface area contributed by atoms with Crippen molar-refractivity contribution in [2.75, 3.05) is 13.1 Å². The van der Waals surface area contributed by atoms with Gasteiger partial charge in [0, 0.05) is 19.1 Å². The molecular weight excluding hydrogens is 210 g/mol. The smallest absolute Gasteiger partial charge is 0.322 e. The summed E-state index contributed by atoms with van der Waals surface area (Å²) in [6.07, 6.45) is 2.07. The standard InChI is InChI=1S/C10H17N3O3/c1-6-8(9(14)15)11-4-5-13(6)10(16)12-7-2-3-7/h6-8,11H,2-5H2,1H3,(H,12,16)(H,14,15). The van der Waals surface area contributed by atoms with Crippen molar-refractivity contribution in [2.45, 2.75) is 37.9 Å². The lowest BCUT2D eigenvalue weighted by atomic mass is 10.1. The molecule has 16 heavy (non-hydrogen) atoms. The Morgan fingerprint density at radius 3 is 2.69 bits per heavy atom. The van der Waals surface area contributed by atoms with Crippen LogP contribution in [0.4, 0.5) is 4.79 Å². The third kappa shape index (κ3) is 2.27. The maximum absolute atomic E-state index is 11.8. The molecule has 2 aliphatic rings. The van der Waals surface area contributed by atoms with Crippen molar-refractivity contribution in [2.24, 2.45) is 0 Å². The van der Waals surface area contributed by atoms with E-state index in [1.807, 2.05) is 0 Å². The summed E-state index contributed by atoms with van der Waals surface area (Å²) < 4.78 is 0. The quantitative estimate of drug-likeness (QED) is 0.600. The number of carbonyl (C=O) groups excluding carboxylic acids is 1. The third-order valence-electron chi connectivity index (χ3n) is 3.12. The van der Waals surface area contributed by atoms with Crippen LogP contribution in [0.5, 0.6) is 0 Å². The summed E-state index contributed by atoms with van der Waals surface area (Å²) in [6.45, 7) is 2.85. The molecule has 1 saturated heterocycles. The van der Waals surface area contributed by atoms with Crippen LogP contribution >= 0.6 is 0 Å². The number of piperazine rings is 1. The Kier molecular flexibility index (Phi) is 3.00. The molecule has 1 aliphatic heterocycles. The van der Waals surface area contributed by atoms with Gasteiger partial charge in [-0.25, -0.2) is 4.79 Å². The van der Waals surface area contributed by atoms with Crippen LogP contribution in [0.25, 0.3) is 0 Å². The fourth-order valence-corrected chi connectivity index (χ4v) is 1.96. The topological polar surface area (TPSA) is 81.7 Å². The van der Waals surface area contributed by atoms with Gasteiger partial charge in [0.1, 0.15) is 6.04 Å². The molecule has 1 saturated carbocycles. The van der Waals surface area contributed by atoms with Crippen molar-refractivity contribution in [3.05, 3.63) is 0 Å². The largest absolute Gasteiger partial charge is 0.480 e. The van der Waals surface area contributed by atoms with E-state index in [1.165, 1.54) is 0 Å². The summed E-state index contributed by atoms with van der Waals surface area (Å²) in [5.74, 6) is -0.906. The van der Waals surface area contributed by atoms with Crippen LogP contribution in [-0.4, -0.2) is 53.2 Å². The Bertz CT molecular complexity index is 304.